The van der Waals surface area contributed by atoms with Crippen LogP contribution in [0.25, 0.3) is 4.96 Å². The Morgan fingerprint density at radius 3 is 2.76 bits per heavy atom. The van der Waals surface area contributed by atoms with E-state index in [1.165, 1.54) is 18.4 Å². The van der Waals surface area contributed by atoms with Crippen LogP contribution >= 0.6 is 11.3 Å². The number of methoxy groups -OCH3 is 1. The van der Waals surface area contributed by atoms with E-state index in [1.807, 2.05) is 16.0 Å². The van der Waals surface area contributed by atoms with Gasteiger partial charge in [-0.2, -0.15) is 0 Å². The zero-order valence-electron chi connectivity index (χ0n) is 13.8. The van der Waals surface area contributed by atoms with E-state index >= 15 is 0 Å². The molecule has 0 N–H and O–H groups in total. The minimum Gasteiger partial charge on any atom is -0.469 e. The number of thiazole rings is 1. The van der Waals surface area contributed by atoms with Crippen molar-refractivity contribution < 1.29 is 23.9 Å². The number of hydrogen-bond donors (Lipinski definition) is 0. The van der Waals surface area contributed by atoms with Crippen LogP contribution in [0.15, 0.2) is 17.8 Å². The van der Waals surface area contributed by atoms with Crippen molar-refractivity contribution in [2.45, 2.75) is 19.3 Å². The molecule has 0 spiro atoms. The Bertz CT molecular complexity index is 747. The molecule has 0 unspecified atom stereocenters. The number of ether oxygens (including phenoxy) is 2. The van der Waals surface area contributed by atoms with E-state index in [0.29, 0.717) is 31.6 Å². The fraction of sp³-hybridized carbons (Fsp3) is 0.500. The number of amides is 1. The Labute approximate surface area is 148 Å². The molecule has 3 rings (SSSR count). The fourth-order valence-corrected chi connectivity index (χ4v) is 3.54. The maximum atomic E-state index is 12.1. The highest BCUT2D eigenvalue weighted by Gasteiger charge is 2.28. The zero-order chi connectivity index (χ0) is 17.8. The van der Waals surface area contributed by atoms with E-state index in [-0.39, 0.29) is 30.8 Å². The SMILES string of the molecule is COC(=O)C1CCN(C(=O)COC(=O)Cc2cn3ccsc3n2)CC1. The topological polar surface area (TPSA) is 90.2 Å². The van der Waals surface area contributed by atoms with E-state index in [9.17, 15) is 14.4 Å². The molecule has 3 heterocycles. The lowest BCUT2D eigenvalue weighted by atomic mass is 9.97. The summed E-state index contributed by atoms with van der Waals surface area (Å²) in [6.45, 7) is 0.644. The molecule has 1 saturated heterocycles. The second-order valence-corrected chi connectivity index (χ2v) is 6.71. The number of imidazole rings is 1. The number of rotatable bonds is 5. The van der Waals surface area contributed by atoms with Crippen molar-refractivity contribution >= 4 is 34.1 Å². The third-order valence-electron chi connectivity index (χ3n) is 4.21. The van der Waals surface area contributed by atoms with Crippen LogP contribution in [0, 0.1) is 5.92 Å². The van der Waals surface area contributed by atoms with Gasteiger partial charge < -0.3 is 14.4 Å². The Kier molecular flexibility index (Phi) is 5.32. The number of aromatic nitrogens is 2. The van der Waals surface area contributed by atoms with Crippen molar-refractivity contribution in [3.05, 3.63) is 23.5 Å². The summed E-state index contributed by atoms with van der Waals surface area (Å²) in [7, 11) is 1.36. The quantitative estimate of drug-likeness (QED) is 0.731. The van der Waals surface area contributed by atoms with Gasteiger partial charge in [-0.3, -0.25) is 18.8 Å². The summed E-state index contributed by atoms with van der Waals surface area (Å²) in [5.74, 6) is -1.13. The van der Waals surface area contributed by atoms with Crippen molar-refractivity contribution in [3.8, 4) is 0 Å². The van der Waals surface area contributed by atoms with Crippen molar-refractivity contribution in [3.63, 3.8) is 0 Å². The molecule has 1 aliphatic heterocycles. The van der Waals surface area contributed by atoms with E-state index in [0.717, 1.165) is 4.96 Å². The number of hydrogen-bond acceptors (Lipinski definition) is 7. The summed E-state index contributed by atoms with van der Waals surface area (Å²) >= 11 is 1.48. The van der Waals surface area contributed by atoms with Crippen LogP contribution in [-0.4, -0.2) is 58.9 Å². The third-order valence-corrected chi connectivity index (χ3v) is 4.98. The van der Waals surface area contributed by atoms with Crippen molar-refractivity contribution in [1.29, 1.82) is 0 Å². The van der Waals surface area contributed by atoms with Gasteiger partial charge in [0.05, 0.1) is 25.1 Å². The van der Waals surface area contributed by atoms with Crippen LogP contribution in [0.3, 0.4) is 0 Å². The zero-order valence-corrected chi connectivity index (χ0v) is 14.7. The molecule has 0 bridgehead atoms. The largest absolute Gasteiger partial charge is 0.469 e. The van der Waals surface area contributed by atoms with Gasteiger partial charge in [0.25, 0.3) is 5.91 Å². The molecule has 1 amide bonds. The van der Waals surface area contributed by atoms with E-state index in [2.05, 4.69) is 4.98 Å². The molecule has 1 fully saturated rings. The highest BCUT2D eigenvalue weighted by atomic mass is 32.1. The minimum atomic E-state index is -0.483. The molecule has 0 aromatic carbocycles. The van der Waals surface area contributed by atoms with Crippen LogP contribution in [0.5, 0.6) is 0 Å². The second-order valence-electron chi connectivity index (χ2n) is 5.84. The molecule has 2 aromatic rings. The molecule has 9 heteroatoms. The van der Waals surface area contributed by atoms with Gasteiger partial charge in [0.2, 0.25) is 0 Å². The Balaban J connectivity index is 1.42. The van der Waals surface area contributed by atoms with Gasteiger partial charge in [-0.05, 0) is 12.8 Å². The Morgan fingerprint density at radius 1 is 1.32 bits per heavy atom. The summed E-state index contributed by atoms with van der Waals surface area (Å²) < 4.78 is 11.6. The predicted molar refractivity (Wildman–Crippen MR) is 89.1 cm³/mol. The van der Waals surface area contributed by atoms with E-state index in [4.69, 9.17) is 9.47 Å². The maximum absolute atomic E-state index is 12.1. The van der Waals surface area contributed by atoms with Crippen LogP contribution in [0.4, 0.5) is 0 Å². The number of piperidine rings is 1. The number of fused-ring (bicyclic) bond motifs is 1. The van der Waals surface area contributed by atoms with Crippen molar-refractivity contribution in [2.24, 2.45) is 5.92 Å². The molecular formula is C16H19N3O5S. The first-order chi connectivity index (χ1) is 12.1. The summed E-state index contributed by atoms with van der Waals surface area (Å²) in [4.78, 5) is 42.2. The Hall–Kier alpha value is -2.42. The molecule has 0 aliphatic carbocycles. The lowest BCUT2D eigenvalue weighted by molar-refractivity contribution is -0.153. The third kappa shape index (κ3) is 4.16. The first kappa shape index (κ1) is 17.4. The molecule has 25 heavy (non-hydrogen) atoms. The van der Waals surface area contributed by atoms with Crippen LogP contribution in [-0.2, 0) is 30.3 Å². The first-order valence-electron chi connectivity index (χ1n) is 7.99. The van der Waals surface area contributed by atoms with Crippen LogP contribution < -0.4 is 0 Å². The summed E-state index contributed by atoms with van der Waals surface area (Å²) in [6.07, 6.45) is 4.80. The summed E-state index contributed by atoms with van der Waals surface area (Å²) in [6, 6.07) is 0. The molecule has 1 aliphatic rings. The lowest BCUT2D eigenvalue weighted by Crippen LogP contribution is -2.42. The smallest absolute Gasteiger partial charge is 0.312 e. The van der Waals surface area contributed by atoms with Gasteiger partial charge >= 0.3 is 11.9 Å². The molecule has 0 atom stereocenters. The average Bonchev–Trinajstić information content (AvgIpc) is 3.20. The van der Waals surface area contributed by atoms with Crippen LogP contribution in [0.2, 0.25) is 0 Å². The number of nitrogens with zero attached hydrogens (tertiary/aromatic N) is 3. The maximum Gasteiger partial charge on any atom is 0.312 e. The fourth-order valence-electron chi connectivity index (χ4n) is 2.82. The molecule has 2 aromatic heterocycles. The molecular weight excluding hydrogens is 346 g/mol. The van der Waals surface area contributed by atoms with Gasteiger partial charge in [0.15, 0.2) is 11.6 Å². The van der Waals surface area contributed by atoms with E-state index < -0.39 is 5.97 Å². The monoisotopic (exact) mass is 365 g/mol. The molecule has 0 radical (unpaired) electrons. The van der Waals surface area contributed by atoms with Crippen LogP contribution in [0.1, 0.15) is 18.5 Å². The number of esters is 2. The predicted octanol–water partition coefficient (Wildman–Crippen LogP) is 0.893. The number of likely N-dealkylation sites (tertiary alicyclic amines) is 1. The molecule has 134 valence electrons. The molecule has 0 saturated carbocycles. The van der Waals surface area contributed by atoms with Gasteiger partial charge in [0, 0.05) is 30.9 Å². The number of carbonyl (C=O) groups excluding carboxylic acids is 3. The number of carbonyl (C=O) groups is 3. The van der Waals surface area contributed by atoms with Gasteiger partial charge in [-0.1, -0.05) is 0 Å². The van der Waals surface area contributed by atoms with E-state index in [1.54, 1.807) is 11.1 Å². The standard InChI is InChI=1S/C16H19N3O5S/c1-23-15(22)11-2-4-18(5-3-11)13(20)10-24-14(21)8-12-9-19-6-7-25-16(19)17-12/h6-7,9,11H,2-5,8,10H2,1H3. The lowest BCUT2D eigenvalue weighted by Gasteiger charge is -2.30. The van der Waals surface area contributed by atoms with Gasteiger partial charge in [0.1, 0.15) is 0 Å². The first-order valence-corrected chi connectivity index (χ1v) is 8.87. The van der Waals surface area contributed by atoms with Crippen molar-refractivity contribution in [1.82, 2.24) is 14.3 Å². The summed E-state index contributed by atoms with van der Waals surface area (Å²) in [5.41, 5.74) is 0.614. The average molecular weight is 365 g/mol. The summed E-state index contributed by atoms with van der Waals surface area (Å²) in [5, 5.41) is 1.91. The highest BCUT2D eigenvalue weighted by Crippen LogP contribution is 2.18. The Morgan fingerprint density at radius 2 is 2.08 bits per heavy atom. The van der Waals surface area contributed by atoms with Gasteiger partial charge in [-0.15, -0.1) is 11.3 Å². The van der Waals surface area contributed by atoms with Gasteiger partial charge in [-0.25, -0.2) is 4.98 Å². The normalized spacial score (nSPS) is 15.3. The van der Waals surface area contributed by atoms with Crippen molar-refractivity contribution in [2.75, 3.05) is 26.8 Å². The molecule has 8 nitrogen and oxygen atoms in total. The minimum absolute atomic E-state index is 0.0338. The highest BCUT2D eigenvalue weighted by molar-refractivity contribution is 7.15. The second kappa shape index (κ2) is 7.64.